The third kappa shape index (κ3) is 4.14. The van der Waals surface area contributed by atoms with Gasteiger partial charge in [0.2, 0.25) is 0 Å². The molecule has 20 heavy (non-hydrogen) atoms. The van der Waals surface area contributed by atoms with E-state index in [-0.39, 0.29) is 5.91 Å². The van der Waals surface area contributed by atoms with Crippen molar-refractivity contribution in [1.29, 1.82) is 0 Å². The van der Waals surface area contributed by atoms with Crippen molar-refractivity contribution in [2.24, 2.45) is 0 Å². The SMILES string of the molecule is CCCSc1ccccc1C(=O)NCc1ccccc1. The van der Waals surface area contributed by atoms with Crippen LogP contribution in [0.25, 0.3) is 0 Å². The van der Waals surface area contributed by atoms with Crippen LogP contribution in [0, 0.1) is 0 Å². The largest absolute Gasteiger partial charge is 0.348 e. The summed E-state index contributed by atoms with van der Waals surface area (Å²) in [6.45, 7) is 2.71. The lowest BCUT2D eigenvalue weighted by molar-refractivity contribution is 0.0948. The zero-order valence-corrected chi connectivity index (χ0v) is 12.5. The lowest BCUT2D eigenvalue weighted by Crippen LogP contribution is -2.23. The second-order valence-electron chi connectivity index (χ2n) is 4.51. The fourth-order valence-electron chi connectivity index (χ4n) is 1.87. The van der Waals surface area contributed by atoms with Gasteiger partial charge in [0.1, 0.15) is 0 Å². The maximum Gasteiger partial charge on any atom is 0.252 e. The Morgan fingerprint density at radius 2 is 1.75 bits per heavy atom. The average molecular weight is 285 g/mol. The van der Waals surface area contributed by atoms with Crippen molar-refractivity contribution in [3.63, 3.8) is 0 Å². The number of amides is 1. The van der Waals surface area contributed by atoms with Crippen LogP contribution in [-0.2, 0) is 6.54 Å². The van der Waals surface area contributed by atoms with Crippen LogP contribution in [0.3, 0.4) is 0 Å². The number of thioether (sulfide) groups is 1. The molecular weight excluding hydrogens is 266 g/mol. The minimum Gasteiger partial charge on any atom is -0.348 e. The zero-order valence-electron chi connectivity index (χ0n) is 11.6. The monoisotopic (exact) mass is 285 g/mol. The van der Waals surface area contributed by atoms with E-state index in [4.69, 9.17) is 0 Å². The standard InChI is InChI=1S/C17H19NOS/c1-2-12-20-16-11-7-6-10-15(16)17(19)18-13-14-8-4-3-5-9-14/h3-11H,2,12-13H2,1H3,(H,18,19). The summed E-state index contributed by atoms with van der Waals surface area (Å²) in [5, 5.41) is 2.98. The van der Waals surface area contributed by atoms with Crippen LogP contribution >= 0.6 is 11.8 Å². The Bertz CT molecular complexity index is 554. The van der Waals surface area contributed by atoms with Crippen LogP contribution in [0.2, 0.25) is 0 Å². The third-order valence-corrected chi connectivity index (χ3v) is 4.17. The average Bonchev–Trinajstić information content (AvgIpc) is 2.52. The molecule has 0 aromatic heterocycles. The van der Waals surface area contributed by atoms with Crippen LogP contribution in [0.5, 0.6) is 0 Å². The highest BCUT2D eigenvalue weighted by atomic mass is 32.2. The van der Waals surface area contributed by atoms with E-state index in [1.54, 1.807) is 11.8 Å². The van der Waals surface area contributed by atoms with Crippen molar-refractivity contribution in [2.45, 2.75) is 24.8 Å². The quantitative estimate of drug-likeness (QED) is 0.809. The maximum absolute atomic E-state index is 12.3. The summed E-state index contributed by atoms with van der Waals surface area (Å²) in [7, 11) is 0. The van der Waals surface area contributed by atoms with Gasteiger partial charge in [-0.25, -0.2) is 0 Å². The van der Waals surface area contributed by atoms with Crippen molar-refractivity contribution in [2.75, 3.05) is 5.75 Å². The van der Waals surface area contributed by atoms with E-state index in [1.165, 1.54) is 0 Å². The second kappa shape index (κ2) is 7.75. The minimum atomic E-state index is -0.00643. The molecular formula is C17H19NOS. The number of nitrogens with one attached hydrogen (secondary N) is 1. The molecule has 0 aliphatic carbocycles. The summed E-state index contributed by atoms with van der Waals surface area (Å²) in [5.74, 6) is 1.02. The van der Waals surface area contributed by atoms with Crippen molar-refractivity contribution in [3.8, 4) is 0 Å². The highest BCUT2D eigenvalue weighted by Crippen LogP contribution is 2.23. The summed E-state index contributed by atoms with van der Waals surface area (Å²) in [6, 6.07) is 17.7. The fraction of sp³-hybridized carbons (Fsp3) is 0.235. The minimum absolute atomic E-state index is 0.00643. The lowest BCUT2D eigenvalue weighted by atomic mass is 10.2. The van der Waals surface area contributed by atoms with E-state index < -0.39 is 0 Å². The topological polar surface area (TPSA) is 29.1 Å². The normalized spacial score (nSPS) is 10.2. The lowest BCUT2D eigenvalue weighted by Gasteiger charge is -2.09. The highest BCUT2D eigenvalue weighted by Gasteiger charge is 2.10. The first-order chi connectivity index (χ1) is 9.81. The van der Waals surface area contributed by atoms with Crippen molar-refractivity contribution in [1.82, 2.24) is 5.32 Å². The molecule has 0 atom stereocenters. The van der Waals surface area contributed by atoms with Gasteiger partial charge in [-0.15, -0.1) is 11.8 Å². The van der Waals surface area contributed by atoms with Gasteiger partial charge >= 0.3 is 0 Å². The van der Waals surface area contributed by atoms with Crippen LogP contribution in [0.4, 0.5) is 0 Å². The highest BCUT2D eigenvalue weighted by molar-refractivity contribution is 7.99. The number of rotatable bonds is 6. The molecule has 3 heteroatoms. The van der Waals surface area contributed by atoms with E-state index in [0.29, 0.717) is 6.54 Å². The first-order valence-corrected chi connectivity index (χ1v) is 7.83. The van der Waals surface area contributed by atoms with Gasteiger partial charge in [0.05, 0.1) is 5.56 Å². The van der Waals surface area contributed by atoms with Gasteiger partial charge in [-0.05, 0) is 29.9 Å². The summed E-state index contributed by atoms with van der Waals surface area (Å²) in [5.41, 5.74) is 1.88. The molecule has 104 valence electrons. The Morgan fingerprint density at radius 3 is 2.50 bits per heavy atom. The van der Waals surface area contributed by atoms with Crippen molar-refractivity contribution < 1.29 is 4.79 Å². The first kappa shape index (κ1) is 14.7. The van der Waals surface area contributed by atoms with Crippen molar-refractivity contribution >= 4 is 17.7 Å². The number of carbonyl (C=O) groups excluding carboxylic acids is 1. The van der Waals surface area contributed by atoms with Gasteiger partial charge in [-0.3, -0.25) is 4.79 Å². The first-order valence-electron chi connectivity index (χ1n) is 6.85. The molecule has 0 aliphatic rings. The summed E-state index contributed by atoms with van der Waals surface area (Å²) in [6.07, 6.45) is 1.10. The summed E-state index contributed by atoms with van der Waals surface area (Å²) in [4.78, 5) is 13.3. The van der Waals surface area contributed by atoms with Gasteiger partial charge in [0.15, 0.2) is 0 Å². The molecule has 0 aliphatic heterocycles. The Balaban J connectivity index is 2.01. The van der Waals surface area contributed by atoms with Crippen molar-refractivity contribution in [3.05, 3.63) is 65.7 Å². The van der Waals surface area contributed by atoms with Gasteiger partial charge in [-0.2, -0.15) is 0 Å². The third-order valence-electron chi connectivity index (χ3n) is 2.89. The Morgan fingerprint density at radius 1 is 1.05 bits per heavy atom. The van der Waals surface area contributed by atoms with Gasteiger partial charge in [-0.1, -0.05) is 49.4 Å². The molecule has 1 amide bonds. The fourth-order valence-corrected chi connectivity index (χ4v) is 2.78. The summed E-state index contributed by atoms with van der Waals surface area (Å²) >= 11 is 1.74. The molecule has 0 heterocycles. The van der Waals surface area contributed by atoms with E-state index in [2.05, 4.69) is 12.2 Å². The summed E-state index contributed by atoms with van der Waals surface area (Å²) < 4.78 is 0. The predicted molar refractivity (Wildman–Crippen MR) is 85.1 cm³/mol. The Hall–Kier alpha value is -1.74. The molecule has 0 saturated heterocycles. The van der Waals surface area contributed by atoms with Gasteiger partial charge in [0.25, 0.3) is 5.91 Å². The zero-order chi connectivity index (χ0) is 14.2. The molecule has 1 N–H and O–H groups in total. The van der Waals surface area contributed by atoms with Gasteiger partial charge < -0.3 is 5.32 Å². The van der Waals surface area contributed by atoms with E-state index in [0.717, 1.165) is 28.2 Å². The Labute approximate surface area is 124 Å². The Kier molecular flexibility index (Phi) is 5.69. The van der Waals surface area contributed by atoms with Gasteiger partial charge in [0, 0.05) is 11.4 Å². The molecule has 0 fully saturated rings. The van der Waals surface area contributed by atoms with E-state index in [1.807, 2.05) is 54.6 Å². The smallest absolute Gasteiger partial charge is 0.252 e. The number of hydrogen-bond acceptors (Lipinski definition) is 2. The number of benzene rings is 2. The molecule has 2 rings (SSSR count). The van der Waals surface area contributed by atoms with Crippen LogP contribution in [0.15, 0.2) is 59.5 Å². The number of hydrogen-bond donors (Lipinski definition) is 1. The van der Waals surface area contributed by atoms with E-state index in [9.17, 15) is 4.79 Å². The van der Waals surface area contributed by atoms with Crippen LogP contribution in [-0.4, -0.2) is 11.7 Å². The maximum atomic E-state index is 12.3. The van der Waals surface area contributed by atoms with Crippen LogP contribution < -0.4 is 5.32 Å². The molecule has 0 radical (unpaired) electrons. The van der Waals surface area contributed by atoms with E-state index >= 15 is 0 Å². The predicted octanol–water partition coefficient (Wildman–Crippen LogP) is 4.12. The second-order valence-corrected chi connectivity index (χ2v) is 5.65. The van der Waals surface area contributed by atoms with Crippen LogP contribution in [0.1, 0.15) is 29.3 Å². The number of carbonyl (C=O) groups is 1. The molecule has 2 aromatic rings. The molecule has 0 saturated carbocycles. The molecule has 2 nitrogen and oxygen atoms in total. The molecule has 0 bridgehead atoms. The molecule has 2 aromatic carbocycles. The molecule has 0 unspecified atom stereocenters. The molecule has 0 spiro atoms.